The van der Waals surface area contributed by atoms with E-state index in [2.05, 4.69) is 88.5 Å². The number of carbonyl (C=O) groups is 2. The second-order valence-corrected chi connectivity index (χ2v) is 16.3. The summed E-state index contributed by atoms with van der Waals surface area (Å²) in [6.07, 6.45) is 14.8. The fourth-order valence-electron chi connectivity index (χ4n) is 8.43. The number of hydrogen-bond donors (Lipinski definition) is 0. The lowest BCUT2D eigenvalue weighted by molar-refractivity contribution is 0.111. The van der Waals surface area contributed by atoms with Gasteiger partial charge in [0, 0.05) is 72.1 Å². The van der Waals surface area contributed by atoms with Gasteiger partial charge in [0.2, 0.25) is 11.8 Å². The number of methoxy groups -OCH3 is 2. The van der Waals surface area contributed by atoms with Gasteiger partial charge in [-0.1, -0.05) is 55.7 Å². The standard InChI is InChI=1S/C23H25N5O3.C22H24N4O.C2H3ClO2.ClH/c1-30-23(29)27-12-8-17(9-13-27)21-22(25-11-10-24-21)31-18-14-28(15-18)20-7-6-16-4-2-3-5-19(16)26-20;1-2-7-17(8-3-1)21-22(24-13-12-23-21)27-18-14-26(15-18)20-11-10-16-6-4-5-9-19(16)25-20;1-5-2(3)4;/h2-7,10-11,17-18H,8-9,12-15H2,1H3;4-6,9-13,17-18H,1-3,7-8,14-15H2;1H3;1H. The van der Waals surface area contributed by atoms with Gasteiger partial charge in [0.05, 0.1) is 51.4 Å². The number of nitrogens with zero attached hydrogens (tertiary/aromatic N) is 9. The molecule has 1 aliphatic carbocycles. The van der Waals surface area contributed by atoms with Crippen LogP contribution in [0.15, 0.2) is 97.6 Å². The van der Waals surface area contributed by atoms with Crippen molar-refractivity contribution in [3.8, 4) is 11.8 Å². The van der Waals surface area contributed by atoms with Crippen LogP contribution in [0.5, 0.6) is 11.8 Å². The van der Waals surface area contributed by atoms with Gasteiger partial charge in [-0.3, -0.25) is 9.97 Å². The first-order valence-electron chi connectivity index (χ1n) is 21.6. The molecule has 2 aromatic carbocycles. The zero-order valence-electron chi connectivity index (χ0n) is 36.0. The number of halogens is 2. The number of piperidine rings is 1. The quantitative estimate of drug-likeness (QED) is 0.133. The van der Waals surface area contributed by atoms with Crippen LogP contribution < -0.4 is 19.3 Å². The highest BCUT2D eigenvalue weighted by Crippen LogP contribution is 2.37. The minimum Gasteiger partial charge on any atom is -0.469 e. The maximum Gasteiger partial charge on any atom is 0.409 e. The monoisotopic (exact) mass is 909 g/mol. The molecule has 0 radical (unpaired) electrons. The topological polar surface area (TPSA) is 158 Å². The third-order valence-corrected chi connectivity index (χ3v) is 12.1. The predicted molar refractivity (Wildman–Crippen MR) is 248 cm³/mol. The number of benzene rings is 2. The second kappa shape index (κ2) is 22.0. The van der Waals surface area contributed by atoms with Gasteiger partial charge in [-0.25, -0.2) is 29.5 Å². The van der Waals surface area contributed by atoms with Crippen molar-refractivity contribution in [2.24, 2.45) is 0 Å². The molecule has 10 rings (SSSR count). The van der Waals surface area contributed by atoms with Crippen molar-refractivity contribution in [1.82, 2.24) is 34.8 Å². The van der Waals surface area contributed by atoms with E-state index in [1.165, 1.54) is 51.7 Å². The third kappa shape index (κ3) is 11.4. The lowest BCUT2D eigenvalue weighted by Gasteiger charge is -2.40. The molecule has 15 nitrogen and oxygen atoms in total. The molecule has 7 heterocycles. The smallest absolute Gasteiger partial charge is 0.409 e. The highest BCUT2D eigenvalue weighted by molar-refractivity contribution is 6.61. The third-order valence-electron chi connectivity index (χ3n) is 11.9. The van der Waals surface area contributed by atoms with Gasteiger partial charge in [0.1, 0.15) is 35.2 Å². The Balaban J connectivity index is 0.000000172. The summed E-state index contributed by atoms with van der Waals surface area (Å²) in [6.45, 7) is 4.51. The van der Waals surface area contributed by atoms with Crippen LogP contribution in [0.25, 0.3) is 21.8 Å². The van der Waals surface area contributed by atoms with Gasteiger partial charge in [-0.2, -0.15) is 0 Å². The molecule has 4 aromatic heterocycles. The van der Waals surface area contributed by atoms with Crippen molar-refractivity contribution in [3.05, 3.63) is 109 Å². The predicted octanol–water partition coefficient (Wildman–Crippen LogP) is 8.99. The van der Waals surface area contributed by atoms with E-state index in [0.29, 0.717) is 24.9 Å². The molecule has 3 saturated heterocycles. The first-order chi connectivity index (χ1) is 30.8. The Kier molecular flexibility index (Phi) is 15.8. The lowest BCUT2D eigenvalue weighted by atomic mass is 9.87. The summed E-state index contributed by atoms with van der Waals surface area (Å²) in [6, 6.07) is 24.7. The average molecular weight is 911 g/mol. The highest BCUT2D eigenvalue weighted by Gasteiger charge is 2.34. The molecule has 336 valence electrons. The van der Waals surface area contributed by atoms with E-state index in [0.717, 1.165) is 84.3 Å². The van der Waals surface area contributed by atoms with Gasteiger partial charge >= 0.3 is 11.5 Å². The van der Waals surface area contributed by atoms with Crippen LogP contribution in [-0.2, 0) is 9.47 Å². The summed E-state index contributed by atoms with van der Waals surface area (Å²) in [5.41, 5.74) is 3.20. The van der Waals surface area contributed by atoms with Crippen LogP contribution in [0.1, 0.15) is 68.2 Å². The van der Waals surface area contributed by atoms with Crippen molar-refractivity contribution < 1.29 is 28.5 Å². The van der Waals surface area contributed by atoms with Crippen molar-refractivity contribution in [3.63, 3.8) is 0 Å². The van der Waals surface area contributed by atoms with E-state index < -0.39 is 5.43 Å². The summed E-state index contributed by atoms with van der Waals surface area (Å²) in [5, 5.41) is 2.31. The molecule has 4 fully saturated rings. The Labute approximate surface area is 383 Å². The van der Waals surface area contributed by atoms with Crippen molar-refractivity contribution in [1.29, 1.82) is 0 Å². The largest absolute Gasteiger partial charge is 0.469 e. The Hall–Kier alpha value is -6.06. The first-order valence-corrected chi connectivity index (χ1v) is 22.0. The highest BCUT2D eigenvalue weighted by atomic mass is 35.5. The molecule has 6 aromatic rings. The average Bonchev–Trinajstić information content (AvgIpc) is 3.31. The molecule has 4 aliphatic rings. The second-order valence-electron chi connectivity index (χ2n) is 16.0. The SMILES string of the molecule is COC(=O)Cl.COC(=O)N1CCC(c2nccnc2OC2CN(c3ccc4ccccc4n3)C2)CC1.Cl.c1ccc2nc(N3CC(Oc4nccnc4C4CCCCC4)C3)ccc2c1. The van der Waals surface area contributed by atoms with Gasteiger partial charge in [-0.05, 0) is 62.1 Å². The molecule has 0 unspecified atom stereocenters. The normalized spacial score (nSPS) is 16.8. The molecular weight excluding hydrogens is 857 g/mol. The summed E-state index contributed by atoms with van der Waals surface area (Å²) in [5.74, 6) is 4.05. The first kappa shape index (κ1) is 45.9. The maximum atomic E-state index is 11.7. The summed E-state index contributed by atoms with van der Waals surface area (Å²) < 4.78 is 21.2. The molecule has 1 saturated carbocycles. The Morgan fingerprint density at radius 1 is 0.578 bits per heavy atom. The number of hydrogen-bond acceptors (Lipinski definition) is 14. The zero-order chi connectivity index (χ0) is 43.5. The number of pyridine rings is 2. The van der Waals surface area contributed by atoms with Crippen LogP contribution in [0, 0.1) is 0 Å². The molecule has 1 amide bonds. The molecule has 0 atom stereocenters. The molecule has 0 bridgehead atoms. The fourth-order valence-corrected chi connectivity index (χ4v) is 8.43. The van der Waals surface area contributed by atoms with E-state index in [4.69, 9.17) is 24.2 Å². The van der Waals surface area contributed by atoms with E-state index >= 15 is 0 Å². The molecular formula is C47H53Cl2N9O6. The van der Waals surface area contributed by atoms with Gasteiger partial charge in [-0.15, -0.1) is 12.4 Å². The number of fused-ring (bicyclic) bond motifs is 2. The van der Waals surface area contributed by atoms with Crippen molar-refractivity contribution in [2.45, 2.75) is 69.0 Å². The summed E-state index contributed by atoms with van der Waals surface area (Å²) in [4.78, 5) is 54.9. The number of anilines is 2. The van der Waals surface area contributed by atoms with Gasteiger partial charge < -0.3 is 33.6 Å². The molecule has 64 heavy (non-hydrogen) atoms. The lowest BCUT2D eigenvalue weighted by Crippen LogP contribution is -2.54. The molecule has 0 N–H and O–H groups in total. The Bertz CT molecular complexity index is 2480. The van der Waals surface area contributed by atoms with Crippen LogP contribution in [-0.4, -0.2) is 112 Å². The van der Waals surface area contributed by atoms with Crippen LogP contribution in [0.3, 0.4) is 0 Å². The Morgan fingerprint density at radius 3 is 1.47 bits per heavy atom. The minimum absolute atomic E-state index is 0. The number of amides is 1. The van der Waals surface area contributed by atoms with E-state index in [1.807, 2.05) is 30.3 Å². The minimum atomic E-state index is -0.773. The molecule has 0 spiro atoms. The molecule has 3 aliphatic heterocycles. The van der Waals surface area contributed by atoms with Crippen LogP contribution in [0.4, 0.5) is 21.2 Å². The van der Waals surface area contributed by atoms with E-state index in [9.17, 15) is 9.59 Å². The number of carbonyl (C=O) groups excluding carboxylic acids is 2. The van der Waals surface area contributed by atoms with E-state index in [-0.39, 0.29) is 36.6 Å². The number of rotatable bonds is 8. The number of para-hydroxylation sites is 2. The maximum absolute atomic E-state index is 11.7. The fraction of sp³-hybridized carbons (Fsp3) is 0.404. The number of aromatic nitrogens is 6. The summed E-state index contributed by atoms with van der Waals surface area (Å²) >= 11 is 4.60. The Morgan fingerprint density at radius 2 is 1.02 bits per heavy atom. The van der Waals surface area contributed by atoms with Crippen molar-refractivity contribution in [2.75, 3.05) is 63.3 Å². The van der Waals surface area contributed by atoms with Gasteiger partial charge in [0.25, 0.3) is 0 Å². The molecule has 17 heteroatoms. The summed E-state index contributed by atoms with van der Waals surface area (Å²) in [7, 11) is 2.63. The van der Waals surface area contributed by atoms with Crippen molar-refractivity contribution >= 4 is 69.0 Å². The van der Waals surface area contributed by atoms with E-state index in [1.54, 1.807) is 29.7 Å². The van der Waals surface area contributed by atoms with Gasteiger partial charge in [0.15, 0.2) is 0 Å². The number of likely N-dealkylation sites (tertiary alicyclic amines) is 1. The number of ether oxygens (including phenoxy) is 4. The van der Waals surface area contributed by atoms with Crippen LogP contribution in [0.2, 0.25) is 0 Å². The zero-order valence-corrected chi connectivity index (χ0v) is 37.6. The van der Waals surface area contributed by atoms with Crippen LogP contribution >= 0.6 is 24.0 Å².